The van der Waals surface area contributed by atoms with E-state index in [1.807, 2.05) is 37.3 Å². The molecule has 4 heteroatoms. The first-order valence-corrected chi connectivity index (χ1v) is 3.11. The summed E-state index contributed by atoms with van der Waals surface area (Å²) in [4.78, 5) is 0. The zero-order chi connectivity index (χ0) is 6.53. The molecule has 0 radical (unpaired) electrons. The number of para-hydroxylation sites is 1. The minimum atomic E-state index is 0. The summed E-state index contributed by atoms with van der Waals surface area (Å²) in [6.07, 6.45) is 0. The van der Waals surface area contributed by atoms with Crippen LogP contribution in [0.1, 0.15) is 6.92 Å². The third-order valence-electron chi connectivity index (χ3n) is 1.05. The quantitative estimate of drug-likeness (QED) is 0.763. The van der Waals surface area contributed by atoms with Crippen molar-refractivity contribution >= 4 is 24.8 Å². The van der Waals surface area contributed by atoms with Crippen LogP contribution < -0.4 is 4.74 Å². The van der Waals surface area contributed by atoms with Crippen molar-refractivity contribution in [3.05, 3.63) is 30.3 Å². The van der Waals surface area contributed by atoms with E-state index >= 15 is 0 Å². The maximum atomic E-state index is 5.21. The van der Waals surface area contributed by atoms with Crippen molar-refractivity contribution in [3.63, 3.8) is 0 Å². The molecule has 0 aliphatic rings. The summed E-state index contributed by atoms with van der Waals surface area (Å²) in [6.45, 7) is 2.72. The van der Waals surface area contributed by atoms with Crippen LogP contribution in [0.3, 0.4) is 0 Å². The number of rotatable bonds is 2. The van der Waals surface area contributed by atoms with Gasteiger partial charge >= 0.3 is 0 Å². The van der Waals surface area contributed by atoms with Crippen LogP contribution in [-0.2, 0) is 19.5 Å². The fraction of sp³-hybridized carbons (Fsp3) is 0.250. The number of halogens is 2. The fourth-order valence-corrected chi connectivity index (χ4v) is 0.683. The molecule has 1 aromatic carbocycles. The maximum Gasteiger partial charge on any atom is 0.119 e. The first-order valence-electron chi connectivity index (χ1n) is 3.11. The molecule has 1 aromatic rings. The molecular weight excluding hydrogens is 284 g/mol. The van der Waals surface area contributed by atoms with Crippen LogP contribution in [0.15, 0.2) is 30.3 Å². The van der Waals surface area contributed by atoms with E-state index in [2.05, 4.69) is 0 Å². The Morgan fingerprint density at radius 3 is 2.00 bits per heavy atom. The van der Waals surface area contributed by atoms with E-state index in [1.54, 1.807) is 0 Å². The van der Waals surface area contributed by atoms with E-state index < -0.39 is 0 Å². The van der Waals surface area contributed by atoms with Gasteiger partial charge in [-0.05, 0) is 19.1 Å². The van der Waals surface area contributed by atoms with Crippen LogP contribution >= 0.6 is 24.8 Å². The molecule has 0 unspecified atom stereocenters. The summed E-state index contributed by atoms with van der Waals surface area (Å²) in [5.74, 6) is 0.944. The molecule has 72 valence electrons. The van der Waals surface area contributed by atoms with Crippen LogP contribution in [0.2, 0.25) is 0 Å². The molecule has 0 bridgehead atoms. The molecular formula is C8H12Cl2ORu. The Hall–Kier alpha value is 0.223. The molecule has 0 saturated heterocycles. The molecule has 0 aliphatic carbocycles. The molecule has 0 saturated carbocycles. The van der Waals surface area contributed by atoms with Crippen LogP contribution in [0.4, 0.5) is 0 Å². The van der Waals surface area contributed by atoms with E-state index in [4.69, 9.17) is 4.74 Å². The maximum absolute atomic E-state index is 5.21. The molecule has 0 aliphatic heterocycles. The molecule has 0 aromatic heterocycles. The number of ether oxygens (including phenoxy) is 1. The SMILES string of the molecule is CCOc1ccccc1.Cl.Cl.[Ru]. The largest absolute Gasteiger partial charge is 0.494 e. The predicted molar refractivity (Wildman–Crippen MR) is 52.1 cm³/mol. The minimum absolute atomic E-state index is 0. The van der Waals surface area contributed by atoms with E-state index in [1.165, 1.54) is 0 Å². The van der Waals surface area contributed by atoms with Crippen molar-refractivity contribution in [2.75, 3.05) is 6.61 Å². The zero-order valence-corrected chi connectivity index (χ0v) is 10.0. The summed E-state index contributed by atoms with van der Waals surface area (Å²) in [7, 11) is 0. The van der Waals surface area contributed by atoms with Crippen molar-refractivity contribution in [1.82, 2.24) is 0 Å². The summed E-state index contributed by atoms with van der Waals surface area (Å²) in [5, 5.41) is 0. The van der Waals surface area contributed by atoms with Gasteiger partial charge in [-0.3, -0.25) is 0 Å². The van der Waals surface area contributed by atoms with Gasteiger partial charge in [0, 0.05) is 19.5 Å². The number of hydrogen-bond acceptors (Lipinski definition) is 1. The van der Waals surface area contributed by atoms with Crippen molar-refractivity contribution in [3.8, 4) is 5.75 Å². The summed E-state index contributed by atoms with van der Waals surface area (Å²) in [5.41, 5.74) is 0. The Kier molecular flexibility index (Phi) is 16.9. The normalized spacial score (nSPS) is 6.75. The van der Waals surface area contributed by atoms with Gasteiger partial charge in [0.2, 0.25) is 0 Å². The molecule has 1 rings (SSSR count). The summed E-state index contributed by atoms with van der Waals surface area (Å²) >= 11 is 0. The monoisotopic (exact) mass is 296 g/mol. The average Bonchev–Trinajstić information content (AvgIpc) is 1.91. The Morgan fingerprint density at radius 2 is 1.58 bits per heavy atom. The smallest absolute Gasteiger partial charge is 0.119 e. The van der Waals surface area contributed by atoms with Gasteiger partial charge in [-0.25, -0.2) is 0 Å². The molecule has 1 nitrogen and oxygen atoms in total. The molecule has 12 heavy (non-hydrogen) atoms. The van der Waals surface area contributed by atoms with Gasteiger partial charge < -0.3 is 4.74 Å². The van der Waals surface area contributed by atoms with Gasteiger partial charge in [0.05, 0.1) is 6.61 Å². The van der Waals surface area contributed by atoms with Gasteiger partial charge in [-0.1, -0.05) is 18.2 Å². The third-order valence-corrected chi connectivity index (χ3v) is 1.05. The zero-order valence-electron chi connectivity index (χ0n) is 6.67. The second-order valence-electron chi connectivity index (χ2n) is 1.75. The molecule has 0 amide bonds. The molecule has 0 fully saturated rings. The third kappa shape index (κ3) is 6.90. The fourth-order valence-electron chi connectivity index (χ4n) is 0.683. The van der Waals surface area contributed by atoms with E-state index in [-0.39, 0.29) is 44.3 Å². The van der Waals surface area contributed by atoms with Gasteiger partial charge in [0.1, 0.15) is 5.75 Å². The van der Waals surface area contributed by atoms with Gasteiger partial charge in [-0.2, -0.15) is 0 Å². The Labute approximate surface area is 98.5 Å². The Balaban J connectivity index is -0.000000270. The van der Waals surface area contributed by atoms with Crippen molar-refractivity contribution in [2.24, 2.45) is 0 Å². The predicted octanol–water partition coefficient (Wildman–Crippen LogP) is 2.93. The van der Waals surface area contributed by atoms with Gasteiger partial charge in [0.15, 0.2) is 0 Å². The van der Waals surface area contributed by atoms with Gasteiger partial charge in [0.25, 0.3) is 0 Å². The topological polar surface area (TPSA) is 9.23 Å². The van der Waals surface area contributed by atoms with Crippen LogP contribution in [-0.4, -0.2) is 6.61 Å². The summed E-state index contributed by atoms with van der Waals surface area (Å²) < 4.78 is 5.21. The van der Waals surface area contributed by atoms with E-state index in [0.29, 0.717) is 0 Å². The molecule has 0 heterocycles. The molecule has 0 atom stereocenters. The van der Waals surface area contributed by atoms with Crippen LogP contribution in [0.25, 0.3) is 0 Å². The Morgan fingerprint density at radius 1 is 1.08 bits per heavy atom. The van der Waals surface area contributed by atoms with Crippen molar-refractivity contribution < 1.29 is 24.2 Å². The summed E-state index contributed by atoms with van der Waals surface area (Å²) in [6, 6.07) is 9.80. The second kappa shape index (κ2) is 11.2. The number of benzene rings is 1. The Bertz CT molecular complexity index is 170. The van der Waals surface area contributed by atoms with E-state index in [0.717, 1.165) is 12.4 Å². The minimum Gasteiger partial charge on any atom is -0.494 e. The first-order chi connectivity index (χ1) is 4.43. The first kappa shape index (κ1) is 18.1. The number of hydrogen-bond donors (Lipinski definition) is 0. The molecule has 0 N–H and O–H groups in total. The van der Waals surface area contributed by atoms with Gasteiger partial charge in [-0.15, -0.1) is 24.8 Å². The standard InChI is InChI=1S/C8H10O.2ClH.Ru/c1-2-9-8-6-4-3-5-7-8;;;/h3-7H,2H2,1H3;2*1H;. The second-order valence-corrected chi connectivity index (χ2v) is 1.75. The van der Waals surface area contributed by atoms with Crippen LogP contribution in [0, 0.1) is 0 Å². The van der Waals surface area contributed by atoms with Crippen molar-refractivity contribution in [2.45, 2.75) is 6.92 Å². The van der Waals surface area contributed by atoms with E-state index in [9.17, 15) is 0 Å². The molecule has 0 spiro atoms. The van der Waals surface area contributed by atoms with Crippen LogP contribution in [0.5, 0.6) is 5.75 Å². The average molecular weight is 296 g/mol. The van der Waals surface area contributed by atoms with Crippen molar-refractivity contribution in [1.29, 1.82) is 0 Å².